The monoisotopic (exact) mass is 399 g/mol. The first kappa shape index (κ1) is 20.7. The first-order valence-electron chi connectivity index (χ1n) is 9.64. The van der Waals surface area contributed by atoms with E-state index in [1.807, 2.05) is 23.9 Å². The number of rotatable bonds is 6. The number of likely N-dealkylation sites (N-methyl/N-ethyl adjacent to an activating group) is 1. The Bertz CT molecular complexity index is 866. The quantitative estimate of drug-likeness (QED) is 0.797. The van der Waals surface area contributed by atoms with E-state index in [4.69, 9.17) is 0 Å². The molecule has 1 aromatic carbocycles. The van der Waals surface area contributed by atoms with Crippen LogP contribution in [0.3, 0.4) is 0 Å². The van der Waals surface area contributed by atoms with Crippen molar-refractivity contribution in [2.45, 2.75) is 0 Å². The van der Waals surface area contributed by atoms with E-state index in [9.17, 15) is 14.0 Å². The van der Waals surface area contributed by atoms with Gasteiger partial charge in [-0.15, -0.1) is 0 Å². The van der Waals surface area contributed by atoms with Crippen LogP contribution in [-0.2, 0) is 0 Å². The summed E-state index contributed by atoms with van der Waals surface area (Å²) in [5.41, 5.74) is 1.01. The summed E-state index contributed by atoms with van der Waals surface area (Å²) >= 11 is 0. The largest absolute Gasteiger partial charge is 0.366 e. The molecule has 1 aliphatic rings. The average Bonchev–Trinajstić information content (AvgIpc) is 2.73. The lowest BCUT2D eigenvalue weighted by atomic mass is 10.2. The van der Waals surface area contributed by atoms with E-state index in [0.29, 0.717) is 38.4 Å². The second-order valence-corrected chi connectivity index (χ2v) is 7.20. The Morgan fingerprint density at radius 3 is 2.41 bits per heavy atom. The van der Waals surface area contributed by atoms with Crippen molar-refractivity contribution >= 4 is 17.5 Å². The minimum atomic E-state index is -0.300. The SMILES string of the molecule is CN(C)CCNC(=O)c1cccc(C(=O)N2CCN(c3ccccc3F)CC2)n1. The van der Waals surface area contributed by atoms with Crippen molar-refractivity contribution in [2.75, 3.05) is 58.3 Å². The van der Waals surface area contributed by atoms with Gasteiger partial charge < -0.3 is 20.0 Å². The maximum atomic E-state index is 14.0. The molecule has 8 heteroatoms. The number of anilines is 1. The van der Waals surface area contributed by atoms with Crippen LogP contribution in [0.2, 0.25) is 0 Å². The van der Waals surface area contributed by atoms with Gasteiger partial charge in [0.15, 0.2) is 0 Å². The van der Waals surface area contributed by atoms with Gasteiger partial charge >= 0.3 is 0 Å². The fourth-order valence-corrected chi connectivity index (χ4v) is 3.18. The van der Waals surface area contributed by atoms with E-state index in [1.54, 1.807) is 41.3 Å². The van der Waals surface area contributed by atoms with Gasteiger partial charge in [0.1, 0.15) is 17.2 Å². The van der Waals surface area contributed by atoms with Crippen molar-refractivity contribution in [2.24, 2.45) is 0 Å². The number of carbonyl (C=O) groups excluding carboxylic acids is 2. The van der Waals surface area contributed by atoms with Crippen LogP contribution in [0.4, 0.5) is 10.1 Å². The lowest BCUT2D eigenvalue weighted by molar-refractivity contribution is 0.0740. The molecule has 29 heavy (non-hydrogen) atoms. The normalized spacial score (nSPS) is 14.2. The highest BCUT2D eigenvalue weighted by Crippen LogP contribution is 2.20. The first-order valence-corrected chi connectivity index (χ1v) is 9.64. The molecule has 154 valence electrons. The number of halogens is 1. The minimum absolute atomic E-state index is 0.221. The van der Waals surface area contributed by atoms with Gasteiger partial charge in [0.05, 0.1) is 5.69 Å². The van der Waals surface area contributed by atoms with Crippen molar-refractivity contribution in [3.05, 3.63) is 59.7 Å². The number of carbonyl (C=O) groups is 2. The Kier molecular flexibility index (Phi) is 6.77. The molecule has 1 aromatic heterocycles. The second kappa shape index (κ2) is 9.47. The lowest BCUT2D eigenvalue weighted by Gasteiger charge is -2.36. The number of nitrogens with one attached hydrogen (secondary N) is 1. The molecule has 7 nitrogen and oxygen atoms in total. The smallest absolute Gasteiger partial charge is 0.272 e. The summed E-state index contributed by atoms with van der Waals surface area (Å²) in [7, 11) is 3.85. The summed E-state index contributed by atoms with van der Waals surface area (Å²) in [4.78, 5) is 34.9. The molecule has 0 unspecified atom stereocenters. The highest BCUT2D eigenvalue weighted by atomic mass is 19.1. The van der Waals surface area contributed by atoms with E-state index in [2.05, 4.69) is 10.3 Å². The molecule has 0 aliphatic carbocycles. The third kappa shape index (κ3) is 5.29. The van der Waals surface area contributed by atoms with Gasteiger partial charge in [-0.2, -0.15) is 0 Å². The zero-order valence-corrected chi connectivity index (χ0v) is 16.8. The number of amides is 2. The summed E-state index contributed by atoms with van der Waals surface area (Å²) in [6.07, 6.45) is 0. The van der Waals surface area contributed by atoms with Crippen LogP contribution in [-0.4, -0.2) is 80.0 Å². The van der Waals surface area contributed by atoms with E-state index in [-0.39, 0.29) is 29.0 Å². The molecule has 0 spiro atoms. The van der Waals surface area contributed by atoms with Crippen molar-refractivity contribution in [1.82, 2.24) is 20.1 Å². The minimum Gasteiger partial charge on any atom is -0.366 e. The Hall–Kier alpha value is -3.00. The molecule has 3 rings (SSSR count). The standard InChI is InChI=1S/C21H26FN5O2/c1-25(2)11-10-23-20(28)17-7-5-8-18(24-17)21(29)27-14-12-26(13-15-27)19-9-4-3-6-16(19)22/h3-9H,10-15H2,1-2H3,(H,23,28). The van der Waals surface area contributed by atoms with Crippen LogP contribution >= 0.6 is 0 Å². The van der Waals surface area contributed by atoms with Crippen LogP contribution in [0.5, 0.6) is 0 Å². The molecule has 1 N–H and O–H groups in total. The van der Waals surface area contributed by atoms with Gasteiger partial charge in [0.2, 0.25) is 0 Å². The summed E-state index contributed by atoms with van der Waals surface area (Å²) in [5.74, 6) is -0.783. The number of hydrogen-bond donors (Lipinski definition) is 1. The molecule has 0 radical (unpaired) electrons. The predicted molar refractivity (Wildman–Crippen MR) is 110 cm³/mol. The number of nitrogens with zero attached hydrogens (tertiary/aromatic N) is 4. The molecular weight excluding hydrogens is 373 g/mol. The van der Waals surface area contributed by atoms with Crippen LogP contribution in [0.15, 0.2) is 42.5 Å². The summed E-state index contributed by atoms with van der Waals surface area (Å²) in [5, 5.41) is 2.80. The summed E-state index contributed by atoms with van der Waals surface area (Å²) in [6.45, 7) is 3.23. The fraction of sp³-hybridized carbons (Fsp3) is 0.381. The Balaban J connectivity index is 1.60. The molecule has 0 atom stereocenters. The van der Waals surface area contributed by atoms with Gasteiger partial charge in [-0.05, 0) is 38.4 Å². The topological polar surface area (TPSA) is 68.8 Å². The van der Waals surface area contributed by atoms with E-state index in [1.165, 1.54) is 6.07 Å². The molecule has 2 aromatic rings. The predicted octanol–water partition coefficient (Wildman–Crippen LogP) is 1.47. The number of benzene rings is 1. The third-order valence-electron chi connectivity index (χ3n) is 4.81. The van der Waals surface area contributed by atoms with E-state index >= 15 is 0 Å². The molecule has 2 amide bonds. The molecule has 2 heterocycles. The maximum Gasteiger partial charge on any atom is 0.272 e. The summed E-state index contributed by atoms with van der Waals surface area (Å²) in [6, 6.07) is 11.5. The van der Waals surface area contributed by atoms with Gasteiger partial charge in [-0.3, -0.25) is 9.59 Å². The van der Waals surface area contributed by atoms with Crippen molar-refractivity contribution in [3.63, 3.8) is 0 Å². The van der Waals surface area contributed by atoms with Crippen LogP contribution in [0.1, 0.15) is 21.0 Å². The fourth-order valence-electron chi connectivity index (χ4n) is 3.18. The molecule has 0 bridgehead atoms. The molecule has 0 saturated carbocycles. The van der Waals surface area contributed by atoms with E-state index in [0.717, 1.165) is 6.54 Å². The lowest BCUT2D eigenvalue weighted by Crippen LogP contribution is -2.49. The Morgan fingerprint density at radius 2 is 1.72 bits per heavy atom. The molecule has 1 saturated heterocycles. The first-order chi connectivity index (χ1) is 14.0. The number of pyridine rings is 1. The third-order valence-corrected chi connectivity index (χ3v) is 4.81. The average molecular weight is 399 g/mol. The molecular formula is C21H26FN5O2. The van der Waals surface area contributed by atoms with Crippen molar-refractivity contribution in [3.8, 4) is 0 Å². The number of piperazine rings is 1. The van der Waals surface area contributed by atoms with E-state index < -0.39 is 0 Å². The van der Waals surface area contributed by atoms with Gasteiger partial charge in [-0.25, -0.2) is 9.37 Å². The highest BCUT2D eigenvalue weighted by molar-refractivity contribution is 5.96. The van der Waals surface area contributed by atoms with Gasteiger partial charge in [0, 0.05) is 39.3 Å². The molecule has 1 aliphatic heterocycles. The van der Waals surface area contributed by atoms with Crippen LogP contribution in [0, 0.1) is 5.82 Å². The van der Waals surface area contributed by atoms with Gasteiger partial charge in [-0.1, -0.05) is 18.2 Å². The zero-order valence-electron chi connectivity index (χ0n) is 16.8. The van der Waals surface area contributed by atoms with Crippen molar-refractivity contribution in [1.29, 1.82) is 0 Å². The number of aromatic nitrogens is 1. The number of hydrogen-bond acceptors (Lipinski definition) is 5. The summed E-state index contributed by atoms with van der Waals surface area (Å²) < 4.78 is 14.0. The highest BCUT2D eigenvalue weighted by Gasteiger charge is 2.24. The zero-order chi connectivity index (χ0) is 20.8. The number of para-hydroxylation sites is 1. The second-order valence-electron chi connectivity index (χ2n) is 7.20. The van der Waals surface area contributed by atoms with Crippen LogP contribution < -0.4 is 10.2 Å². The Labute approximate surface area is 170 Å². The van der Waals surface area contributed by atoms with Crippen molar-refractivity contribution < 1.29 is 14.0 Å². The van der Waals surface area contributed by atoms with Gasteiger partial charge in [0.25, 0.3) is 11.8 Å². The molecule has 1 fully saturated rings. The Morgan fingerprint density at radius 1 is 1.03 bits per heavy atom. The maximum absolute atomic E-state index is 14.0. The van der Waals surface area contributed by atoms with Crippen LogP contribution in [0.25, 0.3) is 0 Å².